The molecule has 0 unspecified atom stereocenters. The molecule has 0 spiro atoms. The van der Waals surface area contributed by atoms with Gasteiger partial charge in [-0.2, -0.15) is 5.10 Å². The second-order valence-electron chi connectivity index (χ2n) is 3.44. The third-order valence-corrected chi connectivity index (χ3v) is 2.32. The molecule has 1 aromatic heterocycles. The number of rotatable bonds is 2. The fourth-order valence-corrected chi connectivity index (χ4v) is 1.51. The van der Waals surface area contributed by atoms with E-state index in [9.17, 15) is 4.79 Å². The molecule has 0 radical (unpaired) electrons. The van der Waals surface area contributed by atoms with Crippen LogP contribution >= 0.6 is 12.2 Å². The summed E-state index contributed by atoms with van der Waals surface area (Å²) in [5.41, 5.74) is 13.5. The predicted molar refractivity (Wildman–Crippen MR) is 74.4 cm³/mol. The molecule has 1 aromatic carbocycles. The summed E-state index contributed by atoms with van der Waals surface area (Å²) in [4.78, 5) is 12.1. The predicted octanol–water partition coefficient (Wildman–Crippen LogP) is 0.542. The van der Waals surface area contributed by atoms with Crippen LogP contribution in [0.25, 0.3) is 11.0 Å². The van der Waals surface area contributed by atoms with Crippen molar-refractivity contribution in [3.63, 3.8) is 0 Å². The highest BCUT2D eigenvalue weighted by molar-refractivity contribution is 7.80. The summed E-state index contributed by atoms with van der Waals surface area (Å²) in [6, 6.07) is 6.82. The molecular weight excluding hydrogens is 252 g/mol. The molecule has 6 nitrogen and oxygen atoms in total. The van der Waals surface area contributed by atoms with Crippen LogP contribution in [0, 0.1) is 0 Å². The van der Waals surface area contributed by atoms with Crippen LogP contribution in [0.1, 0.15) is 5.56 Å². The van der Waals surface area contributed by atoms with Crippen LogP contribution in [0.3, 0.4) is 0 Å². The zero-order valence-electron chi connectivity index (χ0n) is 9.21. The monoisotopic (exact) mass is 262 g/mol. The number of nitrogens with two attached hydrogens (primary N) is 2. The molecule has 0 fully saturated rings. The van der Waals surface area contributed by atoms with Crippen molar-refractivity contribution in [1.29, 1.82) is 0 Å². The van der Waals surface area contributed by atoms with Gasteiger partial charge in [0.05, 0.1) is 11.6 Å². The molecule has 7 heteroatoms. The molecule has 0 aliphatic heterocycles. The van der Waals surface area contributed by atoms with Crippen molar-refractivity contribution < 1.29 is 4.42 Å². The Labute approximate surface area is 107 Å². The summed E-state index contributed by atoms with van der Waals surface area (Å²) in [5.74, 6) is -0.00723. The largest absolute Gasteiger partial charge is 0.440 e. The van der Waals surface area contributed by atoms with Crippen LogP contribution in [0.5, 0.6) is 0 Å². The minimum absolute atomic E-state index is 0.00463. The van der Waals surface area contributed by atoms with E-state index in [1.807, 2.05) is 0 Å². The lowest BCUT2D eigenvalue weighted by Crippen LogP contribution is -2.24. The molecule has 2 aromatic rings. The Balaban J connectivity index is 2.54. The van der Waals surface area contributed by atoms with Crippen LogP contribution < -0.4 is 22.3 Å². The lowest BCUT2D eigenvalue weighted by atomic mass is 10.2. The average molecular weight is 262 g/mol. The molecule has 0 aliphatic carbocycles. The van der Waals surface area contributed by atoms with Crippen LogP contribution in [-0.2, 0) is 0 Å². The molecule has 0 saturated carbocycles. The van der Waals surface area contributed by atoms with Gasteiger partial charge in [-0.1, -0.05) is 12.1 Å². The van der Waals surface area contributed by atoms with Gasteiger partial charge in [-0.05, 0) is 24.4 Å². The summed E-state index contributed by atoms with van der Waals surface area (Å²) >= 11 is 4.57. The van der Waals surface area contributed by atoms with Crippen LogP contribution in [0.15, 0.2) is 38.6 Å². The Bertz CT molecular complexity index is 693. The summed E-state index contributed by atoms with van der Waals surface area (Å²) < 4.78 is 5.33. The maximum Gasteiger partial charge on any atom is 0.203 e. The summed E-state index contributed by atoms with van der Waals surface area (Å²) in [5, 5.41) is 4.12. The highest BCUT2D eigenvalue weighted by Crippen LogP contribution is 2.15. The molecule has 18 heavy (non-hydrogen) atoms. The highest BCUT2D eigenvalue weighted by Gasteiger charge is 2.09. The smallest absolute Gasteiger partial charge is 0.203 e. The minimum atomic E-state index is -0.261. The Hall–Kier alpha value is -2.41. The van der Waals surface area contributed by atoms with Gasteiger partial charge in [0.25, 0.3) is 0 Å². The van der Waals surface area contributed by atoms with Crippen molar-refractivity contribution in [2.75, 3.05) is 5.73 Å². The molecule has 0 aliphatic rings. The molecule has 92 valence electrons. The number of nitrogens with one attached hydrogen (secondary N) is 1. The Morgan fingerprint density at radius 3 is 2.89 bits per heavy atom. The van der Waals surface area contributed by atoms with E-state index in [0.717, 1.165) is 0 Å². The second kappa shape index (κ2) is 4.84. The molecule has 0 atom stereocenters. The zero-order valence-corrected chi connectivity index (χ0v) is 10.0. The van der Waals surface area contributed by atoms with E-state index in [1.54, 1.807) is 24.3 Å². The standard InChI is InChI=1S/C11H10N4O2S/c12-10-7(5-14-15-11(13)18)9(16)6-3-1-2-4-8(6)17-10/h1-5H,12H2,(H3,13,15,18)/b14-5-. The fraction of sp³-hybridized carbons (Fsp3) is 0. The lowest BCUT2D eigenvalue weighted by molar-refractivity contribution is 0.624. The van der Waals surface area contributed by atoms with Crippen LogP contribution in [-0.4, -0.2) is 11.3 Å². The quantitative estimate of drug-likeness (QED) is 0.414. The van der Waals surface area contributed by atoms with Crippen molar-refractivity contribution in [2.45, 2.75) is 0 Å². The topological polar surface area (TPSA) is 107 Å². The SMILES string of the molecule is NC(=S)N/N=C\c1c(N)oc2ccccc2c1=O. The molecule has 2 rings (SSSR count). The van der Waals surface area contributed by atoms with Crippen molar-refractivity contribution in [2.24, 2.45) is 10.8 Å². The number of hydrogen-bond donors (Lipinski definition) is 3. The number of thiocarbonyl (C=S) groups is 1. The number of nitrogen functional groups attached to an aromatic ring is 1. The van der Waals surface area contributed by atoms with Gasteiger partial charge in [-0.3, -0.25) is 10.2 Å². The van der Waals surface area contributed by atoms with E-state index in [0.29, 0.717) is 11.0 Å². The minimum Gasteiger partial charge on any atom is -0.440 e. The van der Waals surface area contributed by atoms with E-state index in [1.165, 1.54) is 6.21 Å². The molecule has 0 saturated heterocycles. The number of anilines is 1. The van der Waals surface area contributed by atoms with Gasteiger partial charge in [0.1, 0.15) is 11.1 Å². The number of hydrazone groups is 1. The summed E-state index contributed by atoms with van der Waals surface area (Å²) in [6.07, 6.45) is 1.23. The van der Waals surface area contributed by atoms with E-state index in [-0.39, 0.29) is 22.0 Å². The van der Waals surface area contributed by atoms with Gasteiger partial charge in [-0.25, -0.2) is 0 Å². The third-order valence-electron chi connectivity index (χ3n) is 2.23. The van der Waals surface area contributed by atoms with Crippen molar-refractivity contribution in [1.82, 2.24) is 5.43 Å². The molecule has 0 amide bonds. The number of fused-ring (bicyclic) bond motifs is 1. The third kappa shape index (κ3) is 2.30. The van der Waals surface area contributed by atoms with E-state index in [4.69, 9.17) is 15.9 Å². The van der Waals surface area contributed by atoms with Crippen molar-refractivity contribution >= 4 is 40.4 Å². The first-order chi connectivity index (χ1) is 8.59. The number of hydrogen-bond acceptors (Lipinski definition) is 5. The van der Waals surface area contributed by atoms with Gasteiger partial charge in [0, 0.05) is 0 Å². The maximum absolute atomic E-state index is 12.1. The Morgan fingerprint density at radius 2 is 2.17 bits per heavy atom. The Kier molecular flexibility index (Phi) is 3.24. The normalized spacial score (nSPS) is 10.9. The first kappa shape index (κ1) is 12.1. The number of benzene rings is 1. The molecule has 1 heterocycles. The Morgan fingerprint density at radius 1 is 1.44 bits per heavy atom. The lowest BCUT2D eigenvalue weighted by Gasteiger charge is -2.02. The first-order valence-corrected chi connectivity index (χ1v) is 5.40. The summed E-state index contributed by atoms with van der Waals surface area (Å²) in [7, 11) is 0. The maximum atomic E-state index is 12.1. The van der Waals surface area contributed by atoms with E-state index < -0.39 is 0 Å². The van der Waals surface area contributed by atoms with Crippen LogP contribution in [0.2, 0.25) is 0 Å². The van der Waals surface area contributed by atoms with Gasteiger partial charge in [0.15, 0.2) is 5.11 Å². The zero-order chi connectivity index (χ0) is 13.1. The molecule has 5 N–H and O–H groups in total. The molecular formula is C11H10N4O2S. The van der Waals surface area contributed by atoms with Gasteiger partial charge in [-0.15, -0.1) is 0 Å². The van der Waals surface area contributed by atoms with Gasteiger partial charge < -0.3 is 15.9 Å². The van der Waals surface area contributed by atoms with Crippen molar-refractivity contribution in [3.05, 3.63) is 40.1 Å². The van der Waals surface area contributed by atoms with Gasteiger partial charge >= 0.3 is 0 Å². The summed E-state index contributed by atoms with van der Waals surface area (Å²) in [6.45, 7) is 0. The fourth-order valence-electron chi connectivity index (χ4n) is 1.46. The number of nitrogens with zero attached hydrogens (tertiary/aromatic N) is 1. The molecule has 0 bridgehead atoms. The van der Waals surface area contributed by atoms with Gasteiger partial charge in [0.2, 0.25) is 11.3 Å². The second-order valence-corrected chi connectivity index (χ2v) is 3.88. The van der Waals surface area contributed by atoms with E-state index >= 15 is 0 Å². The van der Waals surface area contributed by atoms with E-state index in [2.05, 4.69) is 22.7 Å². The first-order valence-electron chi connectivity index (χ1n) is 4.99. The highest BCUT2D eigenvalue weighted by atomic mass is 32.1. The van der Waals surface area contributed by atoms with Crippen molar-refractivity contribution in [3.8, 4) is 0 Å². The average Bonchev–Trinajstić information content (AvgIpc) is 2.33. The number of para-hydroxylation sites is 1. The van der Waals surface area contributed by atoms with Crippen LogP contribution in [0.4, 0.5) is 5.88 Å².